The standard InChI is InChI=1S/C10H16BrNO/c1-10(2)5-7(10)6-12-4-3-8(11)9(12)13/h7-8H,3-6H2,1-2H3. The topological polar surface area (TPSA) is 20.3 Å². The van der Waals surface area contributed by atoms with Gasteiger partial charge in [0.05, 0.1) is 4.83 Å². The highest BCUT2D eigenvalue weighted by atomic mass is 79.9. The lowest BCUT2D eigenvalue weighted by molar-refractivity contribution is -0.127. The summed E-state index contributed by atoms with van der Waals surface area (Å²) in [7, 11) is 0. The van der Waals surface area contributed by atoms with Crippen LogP contribution in [0.1, 0.15) is 26.7 Å². The first-order valence-corrected chi connectivity index (χ1v) is 5.85. The number of likely N-dealkylation sites (tertiary alicyclic amines) is 1. The third-order valence-corrected chi connectivity index (χ3v) is 4.24. The third kappa shape index (κ3) is 1.76. The van der Waals surface area contributed by atoms with Crippen molar-refractivity contribution in [2.45, 2.75) is 31.5 Å². The minimum atomic E-state index is 0.0920. The Bertz CT molecular complexity index is 239. The molecule has 2 atom stereocenters. The summed E-state index contributed by atoms with van der Waals surface area (Å²) in [6, 6.07) is 0. The Hall–Kier alpha value is -0.0500. The van der Waals surface area contributed by atoms with Crippen LogP contribution in [0.15, 0.2) is 0 Å². The number of amides is 1. The van der Waals surface area contributed by atoms with E-state index in [1.807, 2.05) is 4.90 Å². The van der Waals surface area contributed by atoms with Gasteiger partial charge >= 0.3 is 0 Å². The Morgan fingerprint density at radius 1 is 1.62 bits per heavy atom. The quantitative estimate of drug-likeness (QED) is 0.683. The molecule has 0 aromatic rings. The zero-order valence-corrected chi connectivity index (χ0v) is 9.80. The number of alkyl halides is 1. The molecule has 3 heteroatoms. The monoisotopic (exact) mass is 245 g/mol. The number of carbonyl (C=O) groups is 1. The van der Waals surface area contributed by atoms with Crippen LogP contribution >= 0.6 is 15.9 Å². The molecule has 0 aromatic heterocycles. The average Bonchev–Trinajstić information content (AvgIpc) is 2.53. The Morgan fingerprint density at radius 2 is 2.23 bits per heavy atom. The Labute approximate surface area is 87.8 Å². The number of nitrogens with zero attached hydrogens (tertiary/aromatic N) is 1. The van der Waals surface area contributed by atoms with Gasteiger partial charge in [-0.15, -0.1) is 0 Å². The lowest BCUT2D eigenvalue weighted by atomic mass is 10.1. The van der Waals surface area contributed by atoms with Crippen LogP contribution in [0, 0.1) is 11.3 Å². The summed E-state index contributed by atoms with van der Waals surface area (Å²) >= 11 is 3.39. The van der Waals surface area contributed by atoms with Crippen molar-refractivity contribution in [3.05, 3.63) is 0 Å². The van der Waals surface area contributed by atoms with Gasteiger partial charge in [-0.25, -0.2) is 0 Å². The van der Waals surface area contributed by atoms with Crippen LogP contribution in [0.4, 0.5) is 0 Å². The van der Waals surface area contributed by atoms with Gasteiger partial charge in [-0.2, -0.15) is 0 Å². The second-order valence-electron chi connectivity index (χ2n) is 4.93. The van der Waals surface area contributed by atoms with Crippen LogP contribution in [0.2, 0.25) is 0 Å². The van der Waals surface area contributed by atoms with E-state index in [1.165, 1.54) is 6.42 Å². The molecule has 74 valence electrons. The van der Waals surface area contributed by atoms with Gasteiger partial charge in [0.15, 0.2) is 0 Å². The van der Waals surface area contributed by atoms with E-state index in [9.17, 15) is 4.79 Å². The maximum absolute atomic E-state index is 11.6. The van der Waals surface area contributed by atoms with Crippen molar-refractivity contribution in [3.8, 4) is 0 Å². The first kappa shape index (κ1) is 9.50. The minimum absolute atomic E-state index is 0.0920. The molecule has 0 bridgehead atoms. The van der Waals surface area contributed by atoms with Crippen LogP contribution in [0.3, 0.4) is 0 Å². The van der Waals surface area contributed by atoms with Crippen molar-refractivity contribution in [2.75, 3.05) is 13.1 Å². The van der Waals surface area contributed by atoms with Gasteiger partial charge in [0, 0.05) is 13.1 Å². The molecule has 2 nitrogen and oxygen atoms in total. The molecule has 1 amide bonds. The summed E-state index contributed by atoms with van der Waals surface area (Å²) in [5.41, 5.74) is 0.491. The summed E-state index contributed by atoms with van der Waals surface area (Å²) in [6.07, 6.45) is 2.26. The molecule has 1 heterocycles. The molecule has 1 aliphatic carbocycles. The summed E-state index contributed by atoms with van der Waals surface area (Å²) in [6.45, 7) is 6.49. The molecule has 0 aromatic carbocycles. The predicted octanol–water partition coefficient (Wildman–Crippen LogP) is 2.03. The van der Waals surface area contributed by atoms with Gasteiger partial charge in [-0.1, -0.05) is 29.8 Å². The highest BCUT2D eigenvalue weighted by Gasteiger charge is 2.47. The van der Waals surface area contributed by atoms with Crippen molar-refractivity contribution in [3.63, 3.8) is 0 Å². The van der Waals surface area contributed by atoms with Gasteiger partial charge in [-0.3, -0.25) is 4.79 Å². The number of halogens is 1. The molecule has 0 N–H and O–H groups in total. The van der Waals surface area contributed by atoms with Gasteiger partial charge in [0.1, 0.15) is 0 Å². The van der Waals surface area contributed by atoms with Crippen molar-refractivity contribution < 1.29 is 4.79 Å². The van der Waals surface area contributed by atoms with E-state index in [-0.39, 0.29) is 4.83 Å². The van der Waals surface area contributed by atoms with E-state index in [1.54, 1.807) is 0 Å². The minimum Gasteiger partial charge on any atom is -0.341 e. The van der Waals surface area contributed by atoms with E-state index in [2.05, 4.69) is 29.8 Å². The van der Waals surface area contributed by atoms with Crippen molar-refractivity contribution in [1.29, 1.82) is 0 Å². The molecular formula is C10H16BrNO. The van der Waals surface area contributed by atoms with E-state index < -0.39 is 0 Å². The van der Waals surface area contributed by atoms with Crippen LogP contribution in [0.5, 0.6) is 0 Å². The second-order valence-corrected chi connectivity index (χ2v) is 6.04. The number of carbonyl (C=O) groups excluding carboxylic acids is 1. The summed E-state index contributed by atoms with van der Waals surface area (Å²) in [5, 5.41) is 0. The average molecular weight is 246 g/mol. The molecule has 2 fully saturated rings. The van der Waals surface area contributed by atoms with Crippen LogP contribution < -0.4 is 0 Å². The Morgan fingerprint density at radius 3 is 2.62 bits per heavy atom. The fourth-order valence-electron chi connectivity index (χ4n) is 2.04. The fraction of sp³-hybridized carbons (Fsp3) is 0.900. The molecule has 1 saturated carbocycles. The van der Waals surface area contributed by atoms with E-state index in [4.69, 9.17) is 0 Å². The molecule has 0 radical (unpaired) electrons. The van der Waals surface area contributed by atoms with E-state index >= 15 is 0 Å². The largest absolute Gasteiger partial charge is 0.341 e. The third-order valence-electron chi connectivity index (χ3n) is 3.39. The van der Waals surface area contributed by atoms with Crippen molar-refractivity contribution in [2.24, 2.45) is 11.3 Å². The molecule has 0 spiro atoms. The van der Waals surface area contributed by atoms with E-state index in [0.29, 0.717) is 11.3 Å². The fourth-order valence-corrected chi connectivity index (χ4v) is 2.53. The van der Waals surface area contributed by atoms with Crippen molar-refractivity contribution in [1.82, 2.24) is 4.90 Å². The second kappa shape index (κ2) is 2.97. The predicted molar refractivity (Wildman–Crippen MR) is 55.8 cm³/mol. The Balaban J connectivity index is 1.87. The zero-order valence-electron chi connectivity index (χ0n) is 8.22. The summed E-state index contributed by atoms with van der Waals surface area (Å²) < 4.78 is 0. The van der Waals surface area contributed by atoms with Gasteiger partial charge in [-0.05, 0) is 24.2 Å². The number of rotatable bonds is 2. The van der Waals surface area contributed by atoms with Gasteiger partial charge in [0.25, 0.3) is 0 Å². The van der Waals surface area contributed by atoms with Crippen LogP contribution in [-0.2, 0) is 4.79 Å². The highest BCUT2D eigenvalue weighted by Crippen LogP contribution is 2.52. The lowest BCUT2D eigenvalue weighted by Crippen LogP contribution is -2.30. The molecule has 1 saturated heterocycles. The summed E-state index contributed by atoms with van der Waals surface area (Å²) in [5.74, 6) is 1.04. The highest BCUT2D eigenvalue weighted by molar-refractivity contribution is 9.10. The normalized spacial score (nSPS) is 36.8. The number of hydrogen-bond donors (Lipinski definition) is 0. The summed E-state index contributed by atoms with van der Waals surface area (Å²) in [4.78, 5) is 13.7. The molecule has 2 rings (SSSR count). The molecule has 1 aliphatic heterocycles. The SMILES string of the molecule is CC1(C)CC1CN1CCC(Br)C1=O. The molecular weight excluding hydrogens is 230 g/mol. The first-order valence-electron chi connectivity index (χ1n) is 4.93. The molecule has 2 aliphatic rings. The van der Waals surface area contributed by atoms with Crippen LogP contribution in [0.25, 0.3) is 0 Å². The maximum Gasteiger partial charge on any atom is 0.236 e. The van der Waals surface area contributed by atoms with Crippen LogP contribution in [-0.4, -0.2) is 28.7 Å². The van der Waals surface area contributed by atoms with Crippen molar-refractivity contribution >= 4 is 21.8 Å². The smallest absolute Gasteiger partial charge is 0.236 e. The molecule has 13 heavy (non-hydrogen) atoms. The van der Waals surface area contributed by atoms with Gasteiger partial charge < -0.3 is 4.90 Å². The lowest BCUT2D eigenvalue weighted by Gasteiger charge is -2.16. The van der Waals surface area contributed by atoms with Gasteiger partial charge in [0.2, 0.25) is 5.91 Å². The maximum atomic E-state index is 11.6. The first-order chi connectivity index (χ1) is 6.00. The Kier molecular flexibility index (Phi) is 2.17. The number of hydrogen-bond acceptors (Lipinski definition) is 1. The zero-order chi connectivity index (χ0) is 9.64. The van der Waals surface area contributed by atoms with E-state index in [0.717, 1.165) is 25.4 Å². The molecule has 2 unspecified atom stereocenters.